The van der Waals surface area contributed by atoms with Gasteiger partial charge in [-0.05, 0) is 37.4 Å². The van der Waals surface area contributed by atoms with E-state index < -0.39 is 0 Å². The van der Waals surface area contributed by atoms with Gasteiger partial charge in [0.15, 0.2) is 0 Å². The molecule has 0 radical (unpaired) electrons. The van der Waals surface area contributed by atoms with E-state index in [0.717, 1.165) is 24.3 Å². The number of benzene rings is 1. The lowest BCUT2D eigenvalue weighted by Gasteiger charge is -2.17. The third kappa shape index (κ3) is 5.61. The molecule has 0 saturated heterocycles. The molecule has 4 nitrogen and oxygen atoms in total. The summed E-state index contributed by atoms with van der Waals surface area (Å²) >= 11 is 0. The molecule has 0 fully saturated rings. The molecule has 1 aromatic rings. The summed E-state index contributed by atoms with van der Waals surface area (Å²) in [7, 11) is 1.67. The summed E-state index contributed by atoms with van der Waals surface area (Å²) in [6.45, 7) is 7.33. The molecule has 20 heavy (non-hydrogen) atoms. The second-order valence-electron chi connectivity index (χ2n) is 5.34. The van der Waals surface area contributed by atoms with Gasteiger partial charge in [-0.2, -0.15) is 0 Å². The Hall–Kier alpha value is -1.55. The van der Waals surface area contributed by atoms with E-state index in [0.29, 0.717) is 12.5 Å². The highest BCUT2D eigenvalue weighted by atomic mass is 16.5. The molecule has 0 aliphatic carbocycles. The minimum absolute atomic E-state index is 0.0474. The smallest absolute Gasteiger partial charge is 0.234 e. The summed E-state index contributed by atoms with van der Waals surface area (Å²) in [5, 5.41) is 6.14. The molecule has 1 aromatic carbocycles. The Labute approximate surface area is 121 Å². The summed E-state index contributed by atoms with van der Waals surface area (Å²) < 4.78 is 5.30. The summed E-state index contributed by atoms with van der Waals surface area (Å²) in [6.07, 6.45) is 0.844. The van der Waals surface area contributed by atoms with Crippen molar-refractivity contribution in [2.24, 2.45) is 5.92 Å². The fourth-order valence-electron chi connectivity index (χ4n) is 1.81. The highest BCUT2D eigenvalue weighted by Gasteiger charge is 2.10. The van der Waals surface area contributed by atoms with Crippen LogP contribution in [0.2, 0.25) is 0 Å². The molecule has 112 valence electrons. The Morgan fingerprint density at radius 3 is 2.60 bits per heavy atom. The first-order valence-corrected chi connectivity index (χ1v) is 7.16. The van der Waals surface area contributed by atoms with Crippen LogP contribution < -0.4 is 15.4 Å². The van der Waals surface area contributed by atoms with E-state index in [-0.39, 0.29) is 11.9 Å². The molecule has 1 unspecified atom stereocenters. The molecule has 2 N–H and O–H groups in total. The number of para-hydroxylation sites is 1. The molecular weight excluding hydrogens is 252 g/mol. The maximum Gasteiger partial charge on any atom is 0.234 e. The molecule has 0 spiro atoms. The van der Waals surface area contributed by atoms with Gasteiger partial charge in [0.05, 0.1) is 13.7 Å². The van der Waals surface area contributed by atoms with Gasteiger partial charge in [-0.1, -0.05) is 32.0 Å². The van der Waals surface area contributed by atoms with Crippen LogP contribution in [0, 0.1) is 5.92 Å². The summed E-state index contributed by atoms with van der Waals surface area (Å²) in [5.74, 6) is 1.39. The first-order valence-electron chi connectivity index (χ1n) is 7.16. The monoisotopic (exact) mass is 278 g/mol. The number of rotatable bonds is 8. The van der Waals surface area contributed by atoms with Crippen LogP contribution in [0.25, 0.3) is 0 Å². The molecule has 0 bridgehead atoms. The Morgan fingerprint density at radius 2 is 1.95 bits per heavy atom. The number of carbonyl (C=O) groups excluding carboxylic acids is 1. The van der Waals surface area contributed by atoms with Crippen molar-refractivity contribution in [1.29, 1.82) is 0 Å². The van der Waals surface area contributed by atoms with E-state index >= 15 is 0 Å². The molecule has 4 heteroatoms. The van der Waals surface area contributed by atoms with Gasteiger partial charge in [-0.25, -0.2) is 0 Å². The molecule has 0 aliphatic heterocycles. The number of hydrogen-bond acceptors (Lipinski definition) is 3. The second-order valence-corrected chi connectivity index (χ2v) is 5.34. The molecule has 1 atom stereocenters. The third-order valence-corrected chi connectivity index (χ3v) is 3.44. The minimum atomic E-state index is 0.0474. The lowest BCUT2D eigenvalue weighted by atomic mass is 10.1. The fraction of sp³-hybridized carbons (Fsp3) is 0.562. The SMILES string of the molecule is COc1ccccc1CCNCC(=O)NC(C)C(C)C. The molecule has 1 amide bonds. The van der Waals surface area contributed by atoms with Crippen LogP contribution in [0.5, 0.6) is 5.75 Å². The van der Waals surface area contributed by atoms with Gasteiger partial charge in [0.1, 0.15) is 5.75 Å². The Kier molecular flexibility index (Phi) is 7.09. The molecule has 1 rings (SSSR count). The van der Waals surface area contributed by atoms with Gasteiger partial charge in [0, 0.05) is 6.04 Å². The maximum atomic E-state index is 11.7. The van der Waals surface area contributed by atoms with E-state index in [4.69, 9.17) is 4.74 Å². The predicted molar refractivity (Wildman–Crippen MR) is 82.0 cm³/mol. The summed E-state index contributed by atoms with van der Waals surface area (Å²) in [4.78, 5) is 11.7. The molecule has 0 aromatic heterocycles. The van der Waals surface area contributed by atoms with E-state index in [1.165, 1.54) is 0 Å². The minimum Gasteiger partial charge on any atom is -0.496 e. The van der Waals surface area contributed by atoms with Gasteiger partial charge in [-0.3, -0.25) is 4.79 Å². The average Bonchev–Trinajstić information content (AvgIpc) is 2.43. The van der Waals surface area contributed by atoms with Crippen LogP contribution >= 0.6 is 0 Å². The van der Waals surface area contributed by atoms with Crippen LogP contribution in [-0.4, -0.2) is 32.1 Å². The number of hydrogen-bond donors (Lipinski definition) is 2. The van der Waals surface area contributed by atoms with Crippen LogP contribution in [0.1, 0.15) is 26.3 Å². The van der Waals surface area contributed by atoms with Gasteiger partial charge >= 0.3 is 0 Å². The largest absolute Gasteiger partial charge is 0.496 e. The van der Waals surface area contributed by atoms with Gasteiger partial charge < -0.3 is 15.4 Å². The van der Waals surface area contributed by atoms with E-state index in [2.05, 4.69) is 24.5 Å². The lowest BCUT2D eigenvalue weighted by molar-refractivity contribution is -0.121. The average molecular weight is 278 g/mol. The van der Waals surface area contributed by atoms with Crippen molar-refractivity contribution < 1.29 is 9.53 Å². The van der Waals surface area contributed by atoms with E-state index in [1.807, 2.05) is 31.2 Å². The van der Waals surface area contributed by atoms with Crippen molar-refractivity contribution in [3.05, 3.63) is 29.8 Å². The second kappa shape index (κ2) is 8.59. The Balaban J connectivity index is 2.26. The fourth-order valence-corrected chi connectivity index (χ4v) is 1.81. The van der Waals surface area contributed by atoms with Gasteiger partial charge in [-0.15, -0.1) is 0 Å². The quantitative estimate of drug-likeness (QED) is 0.715. The zero-order valence-electron chi connectivity index (χ0n) is 12.9. The van der Waals surface area contributed by atoms with Crippen molar-refractivity contribution in [3.63, 3.8) is 0 Å². The number of methoxy groups -OCH3 is 1. The maximum absolute atomic E-state index is 11.7. The van der Waals surface area contributed by atoms with Crippen LogP contribution in [0.15, 0.2) is 24.3 Å². The third-order valence-electron chi connectivity index (χ3n) is 3.44. The van der Waals surface area contributed by atoms with Crippen LogP contribution in [0.3, 0.4) is 0 Å². The number of amides is 1. The summed E-state index contributed by atoms with van der Waals surface area (Å²) in [6, 6.07) is 8.15. The first kappa shape index (κ1) is 16.5. The van der Waals surface area contributed by atoms with Gasteiger partial charge in [0.25, 0.3) is 0 Å². The van der Waals surface area contributed by atoms with Crippen molar-refractivity contribution in [2.45, 2.75) is 33.2 Å². The highest BCUT2D eigenvalue weighted by Crippen LogP contribution is 2.17. The topological polar surface area (TPSA) is 50.4 Å². The molecule has 0 aliphatic rings. The molecule has 0 heterocycles. The number of ether oxygens (including phenoxy) is 1. The van der Waals surface area contributed by atoms with Crippen molar-refractivity contribution in [1.82, 2.24) is 10.6 Å². The Bertz CT molecular complexity index is 419. The zero-order valence-corrected chi connectivity index (χ0v) is 12.9. The van der Waals surface area contributed by atoms with E-state index in [9.17, 15) is 4.79 Å². The summed E-state index contributed by atoms with van der Waals surface area (Å²) in [5.41, 5.74) is 1.15. The standard InChI is InChI=1S/C16H26N2O2/c1-12(2)13(3)18-16(19)11-17-10-9-14-7-5-6-8-15(14)20-4/h5-8,12-13,17H,9-11H2,1-4H3,(H,18,19). The highest BCUT2D eigenvalue weighted by molar-refractivity contribution is 5.78. The molecular formula is C16H26N2O2. The number of carbonyl (C=O) groups is 1. The zero-order chi connectivity index (χ0) is 15.0. The molecule has 0 saturated carbocycles. The number of nitrogens with one attached hydrogen (secondary N) is 2. The lowest BCUT2D eigenvalue weighted by Crippen LogP contribution is -2.41. The van der Waals surface area contributed by atoms with Crippen LogP contribution in [-0.2, 0) is 11.2 Å². The normalized spacial score (nSPS) is 12.2. The van der Waals surface area contributed by atoms with E-state index in [1.54, 1.807) is 7.11 Å². The predicted octanol–water partition coefficient (Wildman–Crippen LogP) is 1.99. The van der Waals surface area contributed by atoms with Crippen LogP contribution in [0.4, 0.5) is 0 Å². The van der Waals surface area contributed by atoms with Crippen molar-refractivity contribution in [2.75, 3.05) is 20.2 Å². The van der Waals surface area contributed by atoms with Crippen molar-refractivity contribution >= 4 is 5.91 Å². The first-order chi connectivity index (χ1) is 9.54. The van der Waals surface area contributed by atoms with Crippen molar-refractivity contribution in [3.8, 4) is 5.75 Å². The van der Waals surface area contributed by atoms with Gasteiger partial charge in [0.2, 0.25) is 5.91 Å². The Morgan fingerprint density at radius 1 is 1.25 bits per heavy atom.